The van der Waals surface area contributed by atoms with E-state index in [1.54, 1.807) is 18.7 Å². The SMILES string of the molecule is C[C@@H](O[Si](C)(C)C(C)(C)C)C(=O)CCCCC[C@@H]1NC(=O)[C@@H]2CCCN2C(=O)[C@H](Cc2ccccc2)NC(=O)C(C)(C)NC1=O. The Balaban J connectivity index is 1.66. The molecule has 45 heavy (non-hydrogen) atoms. The number of unbranched alkanes of at least 4 members (excludes halogenated alkanes) is 2. The molecule has 0 spiro atoms. The number of carbonyl (C=O) groups excluding carboxylic acids is 5. The minimum Gasteiger partial charge on any atom is -0.407 e. The van der Waals surface area contributed by atoms with Gasteiger partial charge in [-0.1, -0.05) is 63.9 Å². The van der Waals surface area contributed by atoms with Crippen molar-refractivity contribution in [2.45, 2.75) is 141 Å². The van der Waals surface area contributed by atoms with Gasteiger partial charge in [0.15, 0.2) is 14.1 Å². The molecule has 0 unspecified atom stereocenters. The van der Waals surface area contributed by atoms with Crippen molar-refractivity contribution in [3.05, 3.63) is 35.9 Å². The summed E-state index contributed by atoms with van der Waals surface area (Å²) < 4.78 is 6.24. The molecule has 10 nitrogen and oxygen atoms in total. The van der Waals surface area contributed by atoms with Gasteiger partial charge in [-0.3, -0.25) is 24.0 Å². The largest absolute Gasteiger partial charge is 0.407 e. The maximum Gasteiger partial charge on any atom is 0.246 e. The Labute approximate surface area is 269 Å². The molecule has 0 radical (unpaired) electrons. The van der Waals surface area contributed by atoms with E-state index in [1.165, 1.54) is 0 Å². The van der Waals surface area contributed by atoms with Crippen LogP contribution in [0.4, 0.5) is 0 Å². The molecule has 2 fully saturated rings. The summed E-state index contributed by atoms with van der Waals surface area (Å²) >= 11 is 0. The summed E-state index contributed by atoms with van der Waals surface area (Å²) in [5.74, 6) is -1.52. The topological polar surface area (TPSA) is 134 Å². The molecule has 3 N–H and O–H groups in total. The van der Waals surface area contributed by atoms with E-state index in [1.807, 2.05) is 37.3 Å². The zero-order valence-corrected chi connectivity index (χ0v) is 29.5. The first kappa shape index (κ1) is 36.4. The lowest BCUT2D eigenvalue weighted by molar-refractivity contribution is -0.144. The fourth-order valence-electron chi connectivity index (χ4n) is 5.59. The van der Waals surface area contributed by atoms with Gasteiger partial charge in [-0.15, -0.1) is 0 Å². The van der Waals surface area contributed by atoms with Crippen molar-refractivity contribution in [1.82, 2.24) is 20.9 Å². The number of carbonyl (C=O) groups is 5. The number of fused-ring (bicyclic) bond motifs is 1. The third kappa shape index (κ3) is 9.72. The summed E-state index contributed by atoms with van der Waals surface area (Å²) in [6.45, 7) is 16.1. The molecule has 0 aliphatic carbocycles. The Hall–Kier alpha value is -3.05. The molecule has 4 atom stereocenters. The van der Waals surface area contributed by atoms with Gasteiger partial charge in [-0.25, -0.2) is 0 Å². The smallest absolute Gasteiger partial charge is 0.246 e. The molecular formula is C34H54N4O6Si. The lowest BCUT2D eigenvalue weighted by Gasteiger charge is -2.38. The third-order valence-corrected chi connectivity index (χ3v) is 14.1. The molecule has 0 saturated carbocycles. The van der Waals surface area contributed by atoms with Crippen molar-refractivity contribution in [2.24, 2.45) is 0 Å². The molecule has 0 aromatic heterocycles. The van der Waals surface area contributed by atoms with E-state index in [0.29, 0.717) is 51.5 Å². The molecule has 1 aromatic carbocycles. The monoisotopic (exact) mass is 642 g/mol. The molecule has 0 bridgehead atoms. The lowest BCUT2D eigenvalue weighted by Crippen LogP contribution is -2.64. The van der Waals surface area contributed by atoms with Crippen LogP contribution in [0.25, 0.3) is 0 Å². The van der Waals surface area contributed by atoms with Gasteiger partial charge in [0, 0.05) is 19.4 Å². The summed E-state index contributed by atoms with van der Waals surface area (Å²) in [7, 11) is -2.06. The van der Waals surface area contributed by atoms with Crippen LogP contribution < -0.4 is 16.0 Å². The fraction of sp³-hybridized carbons (Fsp3) is 0.676. The first-order valence-electron chi connectivity index (χ1n) is 16.4. The summed E-state index contributed by atoms with van der Waals surface area (Å²) in [6, 6.07) is 6.94. The molecule has 1 aromatic rings. The number of hydrogen-bond donors (Lipinski definition) is 3. The zero-order chi connectivity index (χ0) is 33.6. The van der Waals surface area contributed by atoms with Crippen LogP contribution in [0.2, 0.25) is 18.1 Å². The molecular weight excluding hydrogens is 588 g/mol. The first-order valence-corrected chi connectivity index (χ1v) is 19.3. The van der Waals surface area contributed by atoms with Crippen LogP contribution in [-0.2, 0) is 34.8 Å². The molecule has 4 amide bonds. The van der Waals surface area contributed by atoms with Crippen LogP contribution in [0.15, 0.2) is 30.3 Å². The van der Waals surface area contributed by atoms with Crippen LogP contribution in [0.1, 0.15) is 92.1 Å². The van der Waals surface area contributed by atoms with E-state index < -0.39 is 49.9 Å². The predicted octanol–water partition coefficient (Wildman–Crippen LogP) is 4.03. The summed E-state index contributed by atoms with van der Waals surface area (Å²) in [5, 5.41) is 8.58. The van der Waals surface area contributed by atoms with Gasteiger partial charge >= 0.3 is 0 Å². The van der Waals surface area contributed by atoms with Crippen LogP contribution in [0.3, 0.4) is 0 Å². The number of rotatable bonds is 11. The minimum absolute atomic E-state index is 0.0160. The molecule has 2 aliphatic rings. The molecule has 11 heteroatoms. The van der Waals surface area contributed by atoms with E-state index in [2.05, 4.69) is 49.8 Å². The van der Waals surface area contributed by atoms with Gasteiger partial charge in [0.1, 0.15) is 29.8 Å². The van der Waals surface area contributed by atoms with Gasteiger partial charge in [0.2, 0.25) is 23.6 Å². The van der Waals surface area contributed by atoms with Gasteiger partial charge in [-0.05, 0) is 70.2 Å². The number of ketones is 1. The molecule has 3 rings (SSSR count). The Bertz CT molecular complexity index is 1230. The Morgan fingerprint density at radius 1 is 1.00 bits per heavy atom. The minimum atomic E-state index is -2.06. The van der Waals surface area contributed by atoms with Gasteiger partial charge in [0.05, 0.1) is 0 Å². The molecule has 250 valence electrons. The van der Waals surface area contributed by atoms with Crippen molar-refractivity contribution < 1.29 is 28.4 Å². The molecule has 2 saturated heterocycles. The van der Waals surface area contributed by atoms with E-state index >= 15 is 0 Å². The number of nitrogens with one attached hydrogen (secondary N) is 3. The number of hydrogen-bond acceptors (Lipinski definition) is 6. The maximum atomic E-state index is 13.8. The summed E-state index contributed by atoms with van der Waals surface area (Å²) in [4.78, 5) is 68.6. The third-order valence-electron chi connectivity index (χ3n) is 9.51. The van der Waals surface area contributed by atoms with Crippen LogP contribution in [0.5, 0.6) is 0 Å². The second-order valence-corrected chi connectivity index (χ2v) is 19.4. The van der Waals surface area contributed by atoms with Crippen molar-refractivity contribution in [2.75, 3.05) is 6.54 Å². The van der Waals surface area contributed by atoms with E-state index in [9.17, 15) is 24.0 Å². The predicted molar refractivity (Wildman–Crippen MR) is 177 cm³/mol. The maximum absolute atomic E-state index is 13.8. The van der Waals surface area contributed by atoms with Crippen molar-refractivity contribution >= 4 is 37.7 Å². The van der Waals surface area contributed by atoms with Gasteiger partial charge in [0.25, 0.3) is 0 Å². The number of benzene rings is 1. The van der Waals surface area contributed by atoms with Crippen molar-refractivity contribution in [3.63, 3.8) is 0 Å². The lowest BCUT2D eigenvalue weighted by atomic mass is 9.98. The molecule has 2 heterocycles. The Morgan fingerprint density at radius 2 is 1.67 bits per heavy atom. The van der Waals surface area contributed by atoms with Crippen LogP contribution in [0, 0.1) is 0 Å². The first-order chi connectivity index (χ1) is 20.9. The van der Waals surface area contributed by atoms with E-state index in [0.717, 1.165) is 5.56 Å². The molecule has 2 aliphatic heterocycles. The average Bonchev–Trinajstić information content (AvgIpc) is 3.44. The fourth-order valence-corrected chi connectivity index (χ4v) is 6.96. The zero-order valence-electron chi connectivity index (χ0n) is 28.5. The van der Waals surface area contributed by atoms with Crippen molar-refractivity contribution in [1.29, 1.82) is 0 Å². The highest BCUT2D eigenvalue weighted by Crippen LogP contribution is 2.37. The second-order valence-electron chi connectivity index (χ2n) is 14.7. The average molecular weight is 643 g/mol. The summed E-state index contributed by atoms with van der Waals surface area (Å²) in [6.07, 6.45) is 3.62. The number of Topliss-reactive ketones (excluding diaryl/α,β-unsaturated/α-hetero) is 1. The van der Waals surface area contributed by atoms with Gasteiger partial charge in [-0.2, -0.15) is 0 Å². The summed E-state index contributed by atoms with van der Waals surface area (Å²) in [5.41, 5.74) is -0.449. The number of nitrogens with zero attached hydrogens (tertiary/aromatic N) is 1. The normalized spacial score (nSPS) is 23.6. The quantitative estimate of drug-likeness (QED) is 0.247. The highest BCUT2D eigenvalue weighted by Gasteiger charge is 2.42. The van der Waals surface area contributed by atoms with E-state index in [4.69, 9.17) is 4.43 Å². The Kier molecular flexibility index (Phi) is 12.2. The Morgan fingerprint density at radius 3 is 2.31 bits per heavy atom. The van der Waals surface area contributed by atoms with E-state index in [-0.39, 0.29) is 29.1 Å². The second kappa shape index (κ2) is 15.0. The van der Waals surface area contributed by atoms with Crippen LogP contribution >= 0.6 is 0 Å². The van der Waals surface area contributed by atoms with Crippen LogP contribution in [-0.4, -0.2) is 78.9 Å². The standard InChI is InChI=1S/C34H54N4O6Si/c1-23(44-45(7,8)33(2,3)4)28(39)20-14-10-13-18-25-29(40)37-34(5,6)32(43)36-26(22-24-16-11-9-12-17-24)31(42)38-21-15-19-27(38)30(41)35-25/h9,11-12,16-17,23,25-27H,10,13-15,18-22H2,1-8H3,(H,35,41)(H,36,43)(H,37,40)/t23-,25+,26+,27+/m1/s1. The van der Waals surface area contributed by atoms with Gasteiger partial charge < -0.3 is 25.3 Å². The number of amides is 4. The highest BCUT2D eigenvalue weighted by molar-refractivity contribution is 6.74. The van der Waals surface area contributed by atoms with Crippen molar-refractivity contribution in [3.8, 4) is 0 Å². The highest BCUT2D eigenvalue weighted by atomic mass is 28.4.